The van der Waals surface area contributed by atoms with E-state index >= 15 is 0 Å². The Kier molecular flexibility index (Phi) is 6.15. The number of benzene rings is 1. The number of ether oxygens (including phenoxy) is 2. The third-order valence-corrected chi connectivity index (χ3v) is 2.77. The minimum Gasteiger partial charge on any atom is -0.490 e. The molecule has 0 saturated heterocycles. The van der Waals surface area contributed by atoms with Crippen molar-refractivity contribution in [1.29, 1.82) is 0 Å². The Morgan fingerprint density at radius 3 is 2.72 bits per heavy atom. The van der Waals surface area contributed by atoms with E-state index in [1.165, 1.54) is 0 Å². The molecule has 0 aliphatic rings. The van der Waals surface area contributed by atoms with Crippen molar-refractivity contribution in [2.45, 2.75) is 20.0 Å². The molecule has 100 valence electrons. The first-order chi connectivity index (χ1) is 8.54. The van der Waals surface area contributed by atoms with Gasteiger partial charge in [-0.05, 0) is 48.0 Å². The average molecular weight is 316 g/mol. The fourth-order valence-corrected chi connectivity index (χ4v) is 1.83. The standard InChI is InChI=1S/C13H18BrNO3/c1-9(2)18-12-5-4-10(8-11(12)14)13(16)15-6-7-17-3/h4-5,8-9H,6-7H2,1-3H3,(H,15,16). The second kappa shape index (κ2) is 7.38. The summed E-state index contributed by atoms with van der Waals surface area (Å²) in [5, 5.41) is 2.76. The summed E-state index contributed by atoms with van der Waals surface area (Å²) in [4.78, 5) is 11.8. The number of halogens is 1. The highest BCUT2D eigenvalue weighted by Gasteiger charge is 2.09. The largest absolute Gasteiger partial charge is 0.490 e. The lowest BCUT2D eigenvalue weighted by Gasteiger charge is -2.12. The summed E-state index contributed by atoms with van der Waals surface area (Å²) in [7, 11) is 1.60. The first-order valence-corrected chi connectivity index (χ1v) is 6.57. The third kappa shape index (κ3) is 4.66. The maximum atomic E-state index is 11.8. The van der Waals surface area contributed by atoms with Gasteiger partial charge in [-0.3, -0.25) is 4.79 Å². The van der Waals surface area contributed by atoms with Crippen LogP contribution < -0.4 is 10.1 Å². The Morgan fingerprint density at radius 2 is 2.17 bits per heavy atom. The van der Waals surface area contributed by atoms with E-state index in [0.29, 0.717) is 18.7 Å². The smallest absolute Gasteiger partial charge is 0.251 e. The van der Waals surface area contributed by atoms with Crippen LogP contribution in [0.2, 0.25) is 0 Å². The number of carbonyl (C=O) groups is 1. The first kappa shape index (κ1) is 15.0. The molecule has 0 saturated carbocycles. The molecule has 1 amide bonds. The van der Waals surface area contributed by atoms with Gasteiger partial charge in [-0.15, -0.1) is 0 Å². The monoisotopic (exact) mass is 315 g/mol. The van der Waals surface area contributed by atoms with Crippen molar-refractivity contribution < 1.29 is 14.3 Å². The molecule has 1 aromatic rings. The molecule has 0 heterocycles. The molecule has 0 fully saturated rings. The molecular weight excluding hydrogens is 298 g/mol. The number of hydrogen-bond donors (Lipinski definition) is 1. The molecule has 1 aromatic carbocycles. The van der Waals surface area contributed by atoms with E-state index in [-0.39, 0.29) is 12.0 Å². The quantitative estimate of drug-likeness (QED) is 0.821. The maximum absolute atomic E-state index is 11.8. The van der Waals surface area contributed by atoms with Gasteiger partial charge in [0.15, 0.2) is 0 Å². The van der Waals surface area contributed by atoms with Crippen molar-refractivity contribution in [2.75, 3.05) is 20.3 Å². The van der Waals surface area contributed by atoms with E-state index in [4.69, 9.17) is 9.47 Å². The van der Waals surface area contributed by atoms with Crippen molar-refractivity contribution in [1.82, 2.24) is 5.32 Å². The second-order valence-corrected chi connectivity index (χ2v) is 4.91. The molecule has 5 heteroatoms. The Bertz CT molecular complexity index is 407. The van der Waals surface area contributed by atoms with E-state index in [1.807, 2.05) is 13.8 Å². The molecule has 0 unspecified atom stereocenters. The maximum Gasteiger partial charge on any atom is 0.251 e. The Hall–Kier alpha value is -1.07. The van der Waals surface area contributed by atoms with Crippen molar-refractivity contribution in [3.05, 3.63) is 28.2 Å². The summed E-state index contributed by atoms with van der Waals surface area (Å²) in [5.41, 5.74) is 0.592. The van der Waals surface area contributed by atoms with E-state index in [1.54, 1.807) is 25.3 Å². The second-order valence-electron chi connectivity index (χ2n) is 4.06. The Balaban J connectivity index is 2.68. The zero-order valence-electron chi connectivity index (χ0n) is 10.8. The van der Waals surface area contributed by atoms with Crippen molar-refractivity contribution >= 4 is 21.8 Å². The predicted octanol–water partition coefficient (Wildman–Crippen LogP) is 2.61. The molecule has 0 spiro atoms. The molecule has 4 nitrogen and oxygen atoms in total. The molecule has 1 N–H and O–H groups in total. The van der Waals surface area contributed by atoms with Crippen LogP contribution in [0, 0.1) is 0 Å². The molecule has 0 aliphatic heterocycles. The van der Waals surface area contributed by atoms with E-state index in [0.717, 1.165) is 10.2 Å². The predicted molar refractivity (Wildman–Crippen MR) is 74.1 cm³/mol. The van der Waals surface area contributed by atoms with Gasteiger partial charge in [0.05, 0.1) is 17.2 Å². The Labute approximate surface area is 116 Å². The van der Waals surface area contributed by atoms with Crippen molar-refractivity contribution in [3.8, 4) is 5.75 Å². The van der Waals surface area contributed by atoms with Gasteiger partial charge < -0.3 is 14.8 Å². The van der Waals surface area contributed by atoms with E-state index < -0.39 is 0 Å². The van der Waals surface area contributed by atoms with Gasteiger partial charge in [0.1, 0.15) is 5.75 Å². The Morgan fingerprint density at radius 1 is 1.44 bits per heavy atom. The van der Waals surface area contributed by atoms with Crippen LogP contribution >= 0.6 is 15.9 Å². The van der Waals surface area contributed by atoms with Gasteiger partial charge in [-0.25, -0.2) is 0 Å². The van der Waals surface area contributed by atoms with Crippen LogP contribution in [-0.2, 0) is 4.74 Å². The average Bonchev–Trinajstić information content (AvgIpc) is 2.31. The molecule has 0 aliphatic carbocycles. The number of rotatable bonds is 6. The zero-order chi connectivity index (χ0) is 13.5. The number of hydrogen-bond acceptors (Lipinski definition) is 3. The zero-order valence-corrected chi connectivity index (χ0v) is 12.4. The van der Waals surface area contributed by atoms with Crippen molar-refractivity contribution in [3.63, 3.8) is 0 Å². The fourth-order valence-electron chi connectivity index (χ4n) is 1.36. The van der Waals surface area contributed by atoms with Crippen LogP contribution in [-0.4, -0.2) is 32.3 Å². The van der Waals surface area contributed by atoms with Gasteiger partial charge >= 0.3 is 0 Å². The highest BCUT2D eigenvalue weighted by molar-refractivity contribution is 9.10. The number of carbonyl (C=O) groups excluding carboxylic acids is 1. The van der Waals surface area contributed by atoms with Crippen LogP contribution in [0.3, 0.4) is 0 Å². The highest BCUT2D eigenvalue weighted by Crippen LogP contribution is 2.26. The van der Waals surface area contributed by atoms with Gasteiger partial charge in [-0.1, -0.05) is 0 Å². The lowest BCUT2D eigenvalue weighted by Crippen LogP contribution is -2.26. The number of nitrogens with one attached hydrogen (secondary N) is 1. The summed E-state index contributed by atoms with van der Waals surface area (Å²) in [5.74, 6) is 0.613. The molecule has 1 rings (SSSR count). The van der Waals surface area contributed by atoms with Crippen molar-refractivity contribution in [2.24, 2.45) is 0 Å². The molecule has 0 atom stereocenters. The van der Waals surface area contributed by atoms with Crippen LogP contribution in [0.15, 0.2) is 22.7 Å². The van der Waals surface area contributed by atoms with Crippen LogP contribution in [0.4, 0.5) is 0 Å². The number of methoxy groups -OCH3 is 1. The first-order valence-electron chi connectivity index (χ1n) is 5.78. The molecular formula is C13H18BrNO3. The summed E-state index contributed by atoms with van der Waals surface area (Å²) in [6.45, 7) is 4.91. The number of amides is 1. The molecule has 0 aromatic heterocycles. The van der Waals surface area contributed by atoms with Crippen LogP contribution in [0.25, 0.3) is 0 Å². The minimum absolute atomic E-state index is 0.0997. The van der Waals surface area contributed by atoms with E-state index in [2.05, 4.69) is 21.2 Å². The highest BCUT2D eigenvalue weighted by atomic mass is 79.9. The van der Waals surface area contributed by atoms with E-state index in [9.17, 15) is 4.79 Å². The lowest BCUT2D eigenvalue weighted by atomic mass is 10.2. The lowest BCUT2D eigenvalue weighted by molar-refractivity contribution is 0.0937. The summed E-state index contributed by atoms with van der Waals surface area (Å²) in [6, 6.07) is 5.28. The normalized spacial score (nSPS) is 10.5. The SMILES string of the molecule is COCCNC(=O)c1ccc(OC(C)C)c(Br)c1. The molecule has 0 bridgehead atoms. The van der Waals surface area contributed by atoms with Crippen LogP contribution in [0.1, 0.15) is 24.2 Å². The minimum atomic E-state index is -0.121. The van der Waals surface area contributed by atoms with Gasteiger partial charge in [0.25, 0.3) is 5.91 Å². The summed E-state index contributed by atoms with van der Waals surface area (Å²) < 4.78 is 11.2. The third-order valence-electron chi connectivity index (χ3n) is 2.15. The van der Waals surface area contributed by atoms with Gasteiger partial charge in [0, 0.05) is 19.2 Å². The summed E-state index contributed by atoms with van der Waals surface area (Å²) in [6.07, 6.45) is 0.0997. The van der Waals surface area contributed by atoms with Gasteiger partial charge in [-0.2, -0.15) is 0 Å². The molecule has 18 heavy (non-hydrogen) atoms. The van der Waals surface area contributed by atoms with Gasteiger partial charge in [0.2, 0.25) is 0 Å². The fraction of sp³-hybridized carbons (Fsp3) is 0.462. The molecule has 0 radical (unpaired) electrons. The summed E-state index contributed by atoms with van der Waals surface area (Å²) >= 11 is 3.40. The van der Waals surface area contributed by atoms with Crippen LogP contribution in [0.5, 0.6) is 5.75 Å². The topological polar surface area (TPSA) is 47.6 Å².